The number of benzene rings is 1. The molecular weight excluding hydrogens is 351 g/mol. The summed E-state index contributed by atoms with van der Waals surface area (Å²) >= 11 is 0. The second-order valence-corrected chi connectivity index (χ2v) is 7.06. The molecule has 2 aromatic heterocycles. The molecule has 1 aromatic carbocycles. The SMILES string of the molecule is CC(C)(C)n1nc(-c2ccc(F)c(C(=O)NCCO)c2)c2c(N)ncnc21. The first-order valence-corrected chi connectivity index (χ1v) is 8.42. The third-order valence-corrected chi connectivity index (χ3v) is 4.01. The van der Waals surface area contributed by atoms with E-state index in [1.54, 1.807) is 4.68 Å². The van der Waals surface area contributed by atoms with E-state index >= 15 is 0 Å². The van der Waals surface area contributed by atoms with Gasteiger partial charge in [-0.15, -0.1) is 0 Å². The van der Waals surface area contributed by atoms with E-state index in [0.717, 1.165) is 0 Å². The fourth-order valence-corrected chi connectivity index (χ4v) is 2.76. The van der Waals surface area contributed by atoms with Crippen molar-refractivity contribution in [3.05, 3.63) is 35.9 Å². The Morgan fingerprint density at radius 1 is 1.33 bits per heavy atom. The number of fused-ring (bicyclic) bond motifs is 1. The van der Waals surface area contributed by atoms with Crippen LogP contribution in [-0.4, -0.2) is 43.9 Å². The van der Waals surface area contributed by atoms with Gasteiger partial charge in [0.05, 0.1) is 23.1 Å². The highest BCUT2D eigenvalue weighted by molar-refractivity contribution is 6.00. The molecule has 0 radical (unpaired) electrons. The fraction of sp³-hybridized carbons (Fsp3) is 0.333. The van der Waals surface area contributed by atoms with E-state index in [1.807, 2.05) is 20.8 Å². The van der Waals surface area contributed by atoms with Crippen molar-refractivity contribution < 1.29 is 14.3 Å². The van der Waals surface area contributed by atoms with E-state index < -0.39 is 11.7 Å². The first-order valence-electron chi connectivity index (χ1n) is 8.42. The Morgan fingerprint density at radius 3 is 2.74 bits per heavy atom. The molecule has 0 fully saturated rings. The van der Waals surface area contributed by atoms with Gasteiger partial charge in [-0.3, -0.25) is 4.79 Å². The normalized spacial score (nSPS) is 11.7. The molecule has 142 valence electrons. The maximum atomic E-state index is 14.2. The molecule has 4 N–H and O–H groups in total. The van der Waals surface area contributed by atoms with Crippen LogP contribution in [0.2, 0.25) is 0 Å². The number of carbonyl (C=O) groups excluding carboxylic acids is 1. The average molecular weight is 372 g/mol. The maximum Gasteiger partial charge on any atom is 0.254 e. The Morgan fingerprint density at radius 2 is 2.07 bits per heavy atom. The molecule has 8 nitrogen and oxygen atoms in total. The second kappa shape index (κ2) is 6.92. The summed E-state index contributed by atoms with van der Waals surface area (Å²) < 4.78 is 15.9. The molecule has 0 unspecified atom stereocenters. The number of nitrogens with two attached hydrogens (primary N) is 1. The van der Waals surface area contributed by atoms with Crippen LogP contribution in [0, 0.1) is 5.82 Å². The minimum atomic E-state index is -0.669. The lowest BCUT2D eigenvalue weighted by Crippen LogP contribution is -2.27. The molecule has 2 heterocycles. The van der Waals surface area contributed by atoms with Crippen LogP contribution in [0.25, 0.3) is 22.3 Å². The molecule has 9 heteroatoms. The van der Waals surface area contributed by atoms with Crippen LogP contribution in [0.1, 0.15) is 31.1 Å². The molecule has 0 aliphatic heterocycles. The molecule has 0 saturated heterocycles. The molecule has 1 amide bonds. The van der Waals surface area contributed by atoms with Crippen molar-refractivity contribution in [3.8, 4) is 11.3 Å². The monoisotopic (exact) mass is 372 g/mol. The number of aliphatic hydroxyl groups excluding tert-OH is 1. The maximum absolute atomic E-state index is 14.2. The van der Waals surface area contributed by atoms with Crippen molar-refractivity contribution in [2.24, 2.45) is 0 Å². The van der Waals surface area contributed by atoms with E-state index in [1.165, 1.54) is 24.5 Å². The van der Waals surface area contributed by atoms with Crippen molar-refractivity contribution in [1.82, 2.24) is 25.1 Å². The van der Waals surface area contributed by atoms with Gasteiger partial charge in [0.2, 0.25) is 0 Å². The predicted molar refractivity (Wildman–Crippen MR) is 99.5 cm³/mol. The van der Waals surface area contributed by atoms with Gasteiger partial charge in [0.25, 0.3) is 5.91 Å². The average Bonchev–Trinajstić information content (AvgIpc) is 3.01. The molecule has 0 saturated carbocycles. The lowest BCUT2D eigenvalue weighted by molar-refractivity contribution is 0.0941. The number of nitrogens with zero attached hydrogens (tertiary/aromatic N) is 4. The van der Waals surface area contributed by atoms with Gasteiger partial charge in [-0.2, -0.15) is 5.10 Å². The Labute approximate surface area is 155 Å². The first-order chi connectivity index (χ1) is 12.7. The van der Waals surface area contributed by atoms with Crippen molar-refractivity contribution in [2.75, 3.05) is 18.9 Å². The Bertz CT molecular complexity index is 1010. The third-order valence-electron chi connectivity index (χ3n) is 4.01. The Kier molecular flexibility index (Phi) is 4.79. The molecule has 0 atom stereocenters. The van der Waals surface area contributed by atoms with E-state index in [4.69, 9.17) is 10.8 Å². The smallest absolute Gasteiger partial charge is 0.254 e. The number of nitrogens with one attached hydrogen (secondary N) is 1. The topological polar surface area (TPSA) is 119 Å². The van der Waals surface area contributed by atoms with Gasteiger partial charge in [0.15, 0.2) is 5.65 Å². The van der Waals surface area contributed by atoms with E-state index in [-0.39, 0.29) is 30.1 Å². The van der Waals surface area contributed by atoms with Crippen LogP contribution in [-0.2, 0) is 5.54 Å². The summed E-state index contributed by atoms with van der Waals surface area (Å²) in [5.41, 5.74) is 7.08. The van der Waals surface area contributed by atoms with Gasteiger partial charge in [-0.05, 0) is 39.0 Å². The standard InChI is InChI=1S/C18H21FN6O2/c1-18(2,3)25-16-13(15(20)22-9-23-16)14(24-25)10-4-5-12(19)11(8-10)17(27)21-6-7-26/h4-5,8-9,26H,6-7H2,1-3H3,(H,21,27)(H2,20,22,23). The Hall–Kier alpha value is -3.07. The summed E-state index contributed by atoms with van der Waals surface area (Å²) in [5, 5.41) is 16.5. The lowest BCUT2D eigenvalue weighted by atomic mass is 10.0. The number of amides is 1. The second-order valence-electron chi connectivity index (χ2n) is 7.06. The number of hydrogen-bond donors (Lipinski definition) is 3. The number of halogens is 1. The lowest BCUT2D eigenvalue weighted by Gasteiger charge is -2.19. The van der Waals surface area contributed by atoms with Crippen molar-refractivity contribution in [1.29, 1.82) is 0 Å². The number of nitrogen functional groups attached to an aromatic ring is 1. The van der Waals surface area contributed by atoms with E-state index in [9.17, 15) is 9.18 Å². The van der Waals surface area contributed by atoms with Gasteiger partial charge < -0.3 is 16.2 Å². The molecule has 3 rings (SSSR count). The number of anilines is 1. The van der Waals surface area contributed by atoms with Crippen molar-refractivity contribution in [3.63, 3.8) is 0 Å². The molecule has 0 aliphatic rings. The minimum Gasteiger partial charge on any atom is -0.395 e. The quantitative estimate of drug-likeness (QED) is 0.641. The summed E-state index contributed by atoms with van der Waals surface area (Å²) in [4.78, 5) is 20.5. The highest BCUT2D eigenvalue weighted by atomic mass is 19.1. The van der Waals surface area contributed by atoms with Crippen LogP contribution in [0.3, 0.4) is 0 Å². The van der Waals surface area contributed by atoms with Gasteiger partial charge in [-0.25, -0.2) is 19.0 Å². The van der Waals surface area contributed by atoms with Gasteiger partial charge in [0.1, 0.15) is 23.7 Å². The predicted octanol–water partition coefficient (Wildman–Crippen LogP) is 1.69. The molecule has 0 spiro atoms. The van der Waals surface area contributed by atoms with Crippen molar-refractivity contribution >= 4 is 22.8 Å². The number of carbonyl (C=O) groups is 1. The van der Waals surface area contributed by atoms with E-state index in [0.29, 0.717) is 22.3 Å². The largest absolute Gasteiger partial charge is 0.395 e. The van der Waals surface area contributed by atoms with Crippen LogP contribution in [0.15, 0.2) is 24.5 Å². The highest BCUT2D eigenvalue weighted by Crippen LogP contribution is 2.33. The number of rotatable bonds is 4. The molecule has 27 heavy (non-hydrogen) atoms. The number of hydrogen-bond acceptors (Lipinski definition) is 6. The zero-order valence-corrected chi connectivity index (χ0v) is 15.3. The van der Waals surface area contributed by atoms with E-state index in [2.05, 4.69) is 20.4 Å². The van der Waals surface area contributed by atoms with Crippen LogP contribution >= 0.6 is 0 Å². The van der Waals surface area contributed by atoms with Crippen molar-refractivity contribution in [2.45, 2.75) is 26.3 Å². The summed E-state index contributed by atoms with van der Waals surface area (Å²) in [7, 11) is 0. The number of aromatic nitrogens is 4. The minimum absolute atomic E-state index is 0.0326. The van der Waals surface area contributed by atoms with Gasteiger partial charge in [0, 0.05) is 12.1 Å². The summed E-state index contributed by atoms with van der Waals surface area (Å²) in [6.45, 7) is 5.71. The van der Waals surface area contributed by atoms with Crippen LogP contribution in [0.5, 0.6) is 0 Å². The third kappa shape index (κ3) is 3.45. The molecular formula is C18H21FN6O2. The summed E-state index contributed by atoms with van der Waals surface area (Å²) in [5.74, 6) is -1.04. The summed E-state index contributed by atoms with van der Waals surface area (Å²) in [6, 6.07) is 4.13. The Balaban J connectivity index is 2.20. The van der Waals surface area contributed by atoms with Gasteiger partial charge >= 0.3 is 0 Å². The zero-order valence-electron chi connectivity index (χ0n) is 15.3. The molecule has 3 aromatic rings. The molecule has 0 bridgehead atoms. The number of aliphatic hydroxyl groups is 1. The molecule has 0 aliphatic carbocycles. The fourth-order valence-electron chi connectivity index (χ4n) is 2.76. The first kappa shape index (κ1) is 18.7. The van der Waals surface area contributed by atoms with Crippen LogP contribution in [0.4, 0.5) is 10.2 Å². The zero-order chi connectivity index (χ0) is 19.8. The van der Waals surface area contributed by atoms with Crippen LogP contribution < -0.4 is 11.1 Å². The summed E-state index contributed by atoms with van der Waals surface area (Å²) in [6.07, 6.45) is 1.36. The van der Waals surface area contributed by atoms with Gasteiger partial charge in [-0.1, -0.05) is 0 Å². The highest BCUT2D eigenvalue weighted by Gasteiger charge is 2.24.